The molecule has 1 aromatic carbocycles. The number of hydrogen-bond acceptors (Lipinski definition) is 2. The molecule has 0 radical (unpaired) electrons. The maximum atomic E-state index is 8.63. The molecule has 0 atom stereocenters. The number of phenols is 1. The summed E-state index contributed by atoms with van der Waals surface area (Å²) in [5, 5.41) is 16.0. The van der Waals surface area contributed by atoms with E-state index >= 15 is 0 Å². The van der Waals surface area contributed by atoms with Gasteiger partial charge in [0.15, 0.2) is 0 Å². The quantitative estimate of drug-likeness (QED) is 0.590. The smallest absolute Gasteiger partial charge is 0.115 e. The van der Waals surface area contributed by atoms with Crippen LogP contribution in [-0.4, -0.2) is 5.11 Å². The Hall–Kier alpha value is -1.49. The van der Waals surface area contributed by atoms with Crippen molar-refractivity contribution in [3.63, 3.8) is 0 Å². The molecule has 0 amide bonds. The fourth-order valence-corrected chi connectivity index (χ4v) is 0.428. The average Bonchev–Trinajstić information content (AvgIpc) is 1.91. The maximum Gasteiger partial charge on any atom is 0.115 e. The Kier molecular flexibility index (Phi) is 4.80. The number of benzene rings is 1. The van der Waals surface area contributed by atoms with E-state index in [1.54, 1.807) is 30.3 Å². The Labute approximate surface area is 60.4 Å². The van der Waals surface area contributed by atoms with Gasteiger partial charge in [0, 0.05) is 6.92 Å². The van der Waals surface area contributed by atoms with Gasteiger partial charge in [0.25, 0.3) is 0 Å². The summed E-state index contributed by atoms with van der Waals surface area (Å²) in [6, 6.07) is 10.5. The Morgan fingerprint density at radius 2 is 1.70 bits per heavy atom. The van der Waals surface area contributed by atoms with E-state index in [2.05, 4.69) is 0 Å². The third-order valence-electron chi connectivity index (χ3n) is 0.756. The number of nitrogens with zero attached hydrogens (tertiary/aromatic N) is 1. The van der Waals surface area contributed by atoms with Crippen LogP contribution in [0.5, 0.6) is 5.75 Å². The van der Waals surface area contributed by atoms with Gasteiger partial charge >= 0.3 is 0 Å². The van der Waals surface area contributed by atoms with Gasteiger partial charge in [-0.05, 0) is 12.1 Å². The van der Waals surface area contributed by atoms with Gasteiger partial charge in [0.2, 0.25) is 0 Å². The summed E-state index contributed by atoms with van der Waals surface area (Å²) in [6.45, 7) is 1.43. The molecule has 0 aliphatic heterocycles. The van der Waals surface area contributed by atoms with E-state index < -0.39 is 0 Å². The monoisotopic (exact) mass is 135 g/mol. The van der Waals surface area contributed by atoms with Gasteiger partial charge in [-0.3, -0.25) is 0 Å². The summed E-state index contributed by atoms with van der Waals surface area (Å²) in [6.07, 6.45) is 0. The van der Waals surface area contributed by atoms with Crippen molar-refractivity contribution in [2.75, 3.05) is 0 Å². The fraction of sp³-hybridized carbons (Fsp3) is 0.125. The molecule has 0 aliphatic carbocycles. The summed E-state index contributed by atoms with van der Waals surface area (Å²) in [7, 11) is 0. The second-order valence-electron chi connectivity index (χ2n) is 1.56. The summed E-state index contributed by atoms with van der Waals surface area (Å²) >= 11 is 0. The van der Waals surface area contributed by atoms with Crippen LogP contribution in [0.1, 0.15) is 6.92 Å². The molecule has 1 aromatic rings. The second-order valence-corrected chi connectivity index (χ2v) is 1.56. The number of para-hydroxylation sites is 1. The molecular weight excluding hydrogens is 126 g/mol. The molecule has 52 valence electrons. The molecule has 1 N–H and O–H groups in total. The lowest BCUT2D eigenvalue weighted by Crippen LogP contribution is -1.56. The number of hydrogen-bond donors (Lipinski definition) is 1. The molecule has 0 saturated heterocycles. The van der Waals surface area contributed by atoms with E-state index in [0.717, 1.165) is 0 Å². The van der Waals surface area contributed by atoms with Crippen LogP contribution in [-0.2, 0) is 0 Å². The van der Waals surface area contributed by atoms with E-state index in [0.29, 0.717) is 5.75 Å². The SMILES string of the molecule is CC#N.Oc1ccccc1. The second kappa shape index (κ2) is 5.64. The minimum Gasteiger partial charge on any atom is -0.508 e. The van der Waals surface area contributed by atoms with Crippen LogP contribution < -0.4 is 0 Å². The van der Waals surface area contributed by atoms with Crippen LogP contribution in [0, 0.1) is 11.3 Å². The van der Waals surface area contributed by atoms with Crippen molar-refractivity contribution in [1.82, 2.24) is 0 Å². The molecule has 0 heterocycles. The van der Waals surface area contributed by atoms with Crippen LogP contribution in [0.25, 0.3) is 0 Å². The zero-order valence-electron chi connectivity index (χ0n) is 5.78. The van der Waals surface area contributed by atoms with Gasteiger partial charge in [0.05, 0.1) is 6.07 Å². The van der Waals surface area contributed by atoms with Gasteiger partial charge in [-0.2, -0.15) is 5.26 Å². The molecule has 0 aromatic heterocycles. The Bertz CT molecular complexity index is 200. The van der Waals surface area contributed by atoms with Crippen LogP contribution >= 0.6 is 0 Å². The summed E-state index contributed by atoms with van der Waals surface area (Å²) < 4.78 is 0. The van der Waals surface area contributed by atoms with Crippen molar-refractivity contribution >= 4 is 0 Å². The number of nitriles is 1. The first-order valence-electron chi connectivity index (χ1n) is 2.86. The molecule has 0 fully saturated rings. The zero-order valence-corrected chi connectivity index (χ0v) is 5.78. The van der Waals surface area contributed by atoms with Crippen molar-refractivity contribution in [3.05, 3.63) is 30.3 Å². The van der Waals surface area contributed by atoms with Crippen molar-refractivity contribution in [1.29, 1.82) is 5.26 Å². The Balaban J connectivity index is 0.000000236. The predicted octanol–water partition coefficient (Wildman–Crippen LogP) is 1.92. The topological polar surface area (TPSA) is 44.0 Å². The minimum atomic E-state index is 0.322. The van der Waals surface area contributed by atoms with Crippen LogP contribution in [0.3, 0.4) is 0 Å². The summed E-state index contributed by atoms with van der Waals surface area (Å²) in [5.41, 5.74) is 0. The van der Waals surface area contributed by atoms with E-state index in [1.165, 1.54) is 6.92 Å². The standard InChI is InChI=1S/C6H6O.C2H3N/c7-6-4-2-1-3-5-6;1-2-3/h1-5,7H;1H3. The summed E-state index contributed by atoms with van der Waals surface area (Å²) in [5.74, 6) is 0.322. The first-order valence-corrected chi connectivity index (χ1v) is 2.86. The lowest BCUT2D eigenvalue weighted by Gasteiger charge is -1.82. The molecule has 1 rings (SSSR count). The minimum absolute atomic E-state index is 0.322. The predicted molar refractivity (Wildman–Crippen MR) is 39.4 cm³/mol. The Morgan fingerprint density at radius 3 is 1.90 bits per heavy atom. The van der Waals surface area contributed by atoms with Crippen molar-refractivity contribution in [2.24, 2.45) is 0 Å². The lowest BCUT2D eigenvalue weighted by molar-refractivity contribution is 0.475. The van der Waals surface area contributed by atoms with Crippen molar-refractivity contribution in [3.8, 4) is 11.8 Å². The zero-order chi connectivity index (χ0) is 7.82. The largest absolute Gasteiger partial charge is 0.508 e. The van der Waals surface area contributed by atoms with Crippen molar-refractivity contribution in [2.45, 2.75) is 6.92 Å². The highest BCUT2D eigenvalue weighted by molar-refractivity contribution is 5.18. The van der Waals surface area contributed by atoms with Gasteiger partial charge in [0.1, 0.15) is 5.75 Å². The van der Waals surface area contributed by atoms with Crippen molar-refractivity contribution < 1.29 is 5.11 Å². The number of phenolic OH excluding ortho intramolecular Hbond substituents is 1. The average molecular weight is 135 g/mol. The molecule has 0 bridgehead atoms. The van der Waals surface area contributed by atoms with Crippen LogP contribution in [0.4, 0.5) is 0 Å². The molecule has 2 nitrogen and oxygen atoms in total. The van der Waals surface area contributed by atoms with Gasteiger partial charge < -0.3 is 5.11 Å². The van der Waals surface area contributed by atoms with E-state index in [-0.39, 0.29) is 0 Å². The molecule has 0 saturated carbocycles. The molecule has 0 unspecified atom stereocenters. The van der Waals surface area contributed by atoms with Gasteiger partial charge in [-0.25, -0.2) is 0 Å². The first kappa shape index (κ1) is 8.51. The lowest BCUT2D eigenvalue weighted by atomic mass is 10.3. The third-order valence-corrected chi connectivity index (χ3v) is 0.756. The molecule has 0 aliphatic rings. The Morgan fingerprint density at radius 1 is 1.30 bits per heavy atom. The maximum absolute atomic E-state index is 8.63. The highest BCUT2D eigenvalue weighted by atomic mass is 16.3. The van der Waals surface area contributed by atoms with Gasteiger partial charge in [-0.15, -0.1) is 0 Å². The fourth-order valence-electron chi connectivity index (χ4n) is 0.428. The van der Waals surface area contributed by atoms with E-state index in [4.69, 9.17) is 10.4 Å². The third kappa shape index (κ3) is 4.66. The van der Waals surface area contributed by atoms with Gasteiger partial charge in [-0.1, -0.05) is 18.2 Å². The van der Waals surface area contributed by atoms with E-state index in [9.17, 15) is 0 Å². The molecule has 2 heteroatoms. The van der Waals surface area contributed by atoms with Crippen LogP contribution in [0.15, 0.2) is 30.3 Å². The van der Waals surface area contributed by atoms with E-state index in [1.807, 2.05) is 6.07 Å². The normalized spacial score (nSPS) is 6.80. The first-order chi connectivity index (χ1) is 4.81. The molecule has 10 heavy (non-hydrogen) atoms. The number of rotatable bonds is 0. The van der Waals surface area contributed by atoms with Crippen LogP contribution in [0.2, 0.25) is 0 Å². The molecular formula is C8H9NO. The molecule has 0 spiro atoms. The number of aromatic hydroxyl groups is 1. The highest BCUT2D eigenvalue weighted by Gasteiger charge is 1.74. The highest BCUT2D eigenvalue weighted by Crippen LogP contribution is 2.02. The summed E-state index contributed by atoms with van der Waals surface area (Å²) in [4.78, 5) is 0.